The quantitative estimate of drug-likeness (QED) is 0.498. The number of halogens is 1. The second-order valence-electron chi connectivity index (χ2n) is 8.03. The Morgan fingerprint density at radius 2 is 1.76 bits per heavy atom. The third kappa shape index (κ3) is 7.12. The number of carbonyl (C=O) groups excluding carboxylic acids is 3. The van der Waals surface area contributed by atoms with Crippen LogP contribution in [0.5, 0.6) is 11.5 Å². The van der Waals surface area contributed by atoms with Gasteiger partial charge in [-0.3, -0.25) is 9.59 Å². The molecule has 0 bridgehead atoms. The number of carbonyl (C=O) groups is 3. The summed E-state index contributed by atoms with van der Waals surface area (Å²) in [5, 5.41) is 5.95. The van der Waals surface area contributed by atoms with Gasteiger partial charge in [0.25, 0.3) is 11.8 Å². The fraction of sp³-hybridized carbons (Fsp3) is 0.400. The van der Waals surface area contributed by atoms with E-state index in [2.05, 4.69) is 10.6 Å². The number of nitrogens with one attached hydrogen (secondary N) is 2. The van der Waals surface area contributed by atoms with Crippen LogP contribution in [0.15, 0.2) is 42.5 Å². The number of hydrogen-bond donors (Lipinski definition) is 2. The molecule has 1 aliphatic heterocycles. The lowest BCUT2D eigenvalue weighted by Gasteiger charge is -2.22. The molecule has 2 aromatic rings. The van der Waals surface area contributed by atoms with Gasteiger partial charge in [-0.25, -0.2) is 4.79 Å². The van der Waals surface area contributed by atoms with Crippen LogP contribution in [0.1, 0.15) is 36.2 Å². The first-order valence-electron chi connectivity index (χ1n) is 11.3. The van der Waals surface area contributed by atoms with Crippen LogP contribution in [0.2, 0.25) is 5.02 Å². The SMILES string of the molecule is CC[C@H](C)[C@H](NC(=O)c1ccc(Cl)cc1)C(=O)OCC(=O)NCCc1ccc2c(c1)OCCO2. The van der Waals surface area contributed by atoms with Crippen molar-refractivity contribution in [3.05, 3.63) is 58.6 Å². The largest absolute Gasteiger partial charge is 0.486 e. The molecule has 2 atom stereocenters. The summed E-state index contributed by atoms with van der Waals surface area (Å²) in [6, 6.07) is 11.1. The highest BCUT2D eigenvalue weighted by atomic mass is 35.5. The zero-order valence-electron chi connectivity index (χ0n) is 19.3. The predicted molar refractivity (Wildman–Crippen MR) is 127 cm³/mol. The summed E-state index contributed by atoms with van der Waals surface area (Å²) in [6.45, 7) is 4.73. The van der Waals surface area contributed by atoms with Gasteiger partial charge in [0, 0.05) is 17.1 Å². The van der Waals surface area contributed by atoms with Crippen molar-refractivity contribution in [3.63, 3.8) is 0 Å². The molecule has 8 nitrogen and oxygen atoms in total. The molecule has 0 saturated carbocycles. The summed E-state index contributed by atoms with van der Waals surface area (Å²) in [5.74, 6) is -0.257. The van der Waals surface area contributed by atoms with Crippen molar-refractivity contribution >= 4 is 29.4 Å². The summed E-state index contributed by atoms with van der Waals surface area (Å²) >= 11 is 5.86. The van der Waals surface area contributed by atoms with Gasteiger partial charge in [-0.15, -0.1) is 0 Å². The minimum atomic E-state index is -0.876. The van der Waals surface area contributed by atoms with Crippen molar-refractivity contribution in [2.75, 3.05) is 26.4 Å². The van der Waals surface area contributed by atoms with E-state index in [1.807, 2.05) is 32.0 Å². The van der Waals surface area contributed by atoms with Crippen LogP contribution < -0.4 is 20.1 Å². The molecule has 1 aliphatic rings. The number of benzene rings is 2. The van der Waals surface area contributed by atoms with Gasteiger partial charge < -0.3 is 24.8 Å². The topological polar surface area (TPSA) is 103 Å². The van der Waals surface area contributed by atoms with Gasteiger partial charge in [-0.1, -0.05) is 37.9 Å². The van der Waals surface area contributed by atoms with Crippen LogP contribution in [0, 0.1) is 5.92 Å². The Hall–Kier alpha value is -3.26. The van der Waals surface area contributed by atoms with E-state index in [0.717, 1.165) is 5.56 Å². The molecule has 34 heavy (non-hydrogen) atoms. The average molecular weight is 489 g/mol. The number of ether oxygens (including phenoxy) is 3. The number of fused-ring (bicyclic) bond motifs is 1. The molecule has 0 aliphatic carbocycles. The van der Waals surface area contributed by atoms with Gasteiger partial charge in [0.2, 0.25) is 0 Å². The maximum Gasteiger partial charge on any atom is 0.329 e. The van der Waals surface area contributed by atoms with Gasteiger partial charge in [-0.05, 0) is 54.3 Å². The maximum atomic E-state index is 12.6. The molecule has 2 N–H and O–H groups in total. The smallest absolute Gasteiger partial charge is 0.329 e. The lowest BCUT2D eigenvalue weighted by Crippen LogP contribution is -2.46. The molecule has 2 amide bonds. The highest BCUT2D eigenvalue weighted by Gasteiger charge is 2.28. The Bertz CT molecular complexity index is 1010. The van der Waals surface area contributed by atoms with Crippen molar-refractivity contribution in [1.82, 2.24) is 10.6 Å². The molecule has 2 aromatic carbocycles. The third-order valence-corrected chi connectivity index (χ3v) is 5.80. The lowest BCUT2D eigenvalue weighted by molar-refractivity contribution is -0.151. The first-order chi connectivity index (χ1) is 16.4. The van der Waals surface area contributed by atoms with Crippen LogP contribution in [-0.4, -0.2) is 50.2 Å². The number of esters is 1. The minimum absolute atomic E-state index is 0.179. The summed E-state index contributed by atoms with van der Waals surface area (Å²) < 4.78 is 16.3. The highest BCUT2D eigenvalue weighted by Crippen LogP contribution is 2.30. The first kappa shape index (κ1) is 25.4. The Morgan fingerprint density at radius 3 is 2.47 bits per heavy atom. The van der Waals surface area contributed by atoms with E-state index in [9.17, 15) is 14.4 Å². The van der Waals surface area contributed by atoms with Crippen molar-refractivity contribution < 1.29 is 28.6 Å². The summed E-state index contributed by atoms with van der Waals surface area (Å²) in [6.07, 6.45) is 1.23. The van der Waals surface area contributed by atoms with Gasteiger partial charge in [0.05, 0.1) is 0 Å². The normalized spacial score (nSPS) is 14.0. The molecular formula is C25H29ClN2O6. The van der Waals surface area contributed by atoms with Gasteiger partial charge >= 0.3 is 5.97 Å². The summed E-state index contributed by atoms with van der Waals surface area (Å²) in [5.41, 5.74) is 1.37. The van der Waals surface area contributed by atoms with Crippen LogP contribution in [-0.2, 0) is 20.7 Å². The van der Waals surface area contributed by atoms with E-state index in [1.165, 1.54) is 0 Å². The molecule has 0 fully saturated rings. The van der Waals surface area contributed by atoms with Crippen molar-refractivity contribution in [3.8, 4) is 11.5 Å². The molecule has 9 heteroatoms. The Kier molecular flexibility index (Phi) is 9.16. The molecule has 0 aromatic heterocycles. The van der Waals surface area contributed by atoms with E-state index in [1.54, 1.807) is 24.3 Å². The molecular weight excluding hydrogens is 460 g/mol. The van der Waals surface area contributed by atoms with Crippen LogP contribution in [0.4, 0.5) is 0 Å². The van der Waals surface area contributed by atoms with Crippen LogP contribution in [0.3, 0.4) is 0 Å². The number of hydrogen-bond acceptors (Lipinski definition) is 6. The first-order valence-corrected chi connectivity index (χ1v) is 11.6. The second-order valence-corrected chi connectivity index (χ2v) is 8.47. The molecule has 0 unspecified atom stereocenters. The Morgan fingerprint density at radius 1 is 1.06 bits per heavy atom. The van der Waals surface area contributed by atoms with Crippen molar-refractivity contribution in [2.45, 2.75) is 32.7 Å². The van der Waals surface area contributed by atoms with E-state index in [-0.39, 0.29) is 5.92 Å². The Balaban J connectivity index is 1.46. The van der Waals surface area contributed by atoms with Crippen LogP contribution >= 0.6 is 11.6 Å². The molecule has 0 radical (unpaired) electrons. The third-order valence-electron chi connectivity index (χ3n) is 5.55. The monoisotopic (exact) mass is 488 g/mol. The zero-order valence-corrected chi connectivity index (χ0v) is 20.0. The fourth-order valence-electron chi connectivity index (χ4n) is 3.36. The zero-order chi connectivity index (χ0) is 24.5. The van der Waals surface area contributed by atoms with Crippen LogP contribution in [0.25, 0.3) is 0 Å². The van der Waals surface area contributed by atoms with Crippen molar-refractivity contribution in [2.24, 2.45) is 5.92 Å². The average Bonchev–Trinajstić information content (AvgIpc) is 2.85. The standard InChI is InChI=1S/C25H29ClN2O6/c1-3-16(2)23(28-24(30)18-5-7-19(26)8-6-18)25(31)34-15-22(29)27-11-10-17-4-9-20-21(14-17)33-13-12-32-20/h4-9,14,16,23H,3,10-13,15H2,1-2H3,(H,27,29)(H,28,30)/t16-,23-/m0/s1. The number of rotatable bonds is 10. The van der Waals surface area contributed by atoms with Gasteiger partial charge in [0.15, 0.2) is 18.1 Å². The molecule has 182 valence electrons. The summed E-state index contributed by atoms with van der Waals surface area (Å²) in [7, 11) is 0. The van der Waals surface area contributed by atoms with Gasteiger partial charge in [-0.2, -0.15) is 0 Å². The van der Waals surface area contributed by atoms with E-state index < -0.39 is 30.4 Å². The Labute approximate surface area is 203 Å². The predicted octanol–water partition coefficient (Wildman–Crippen LogP) is 3.16. The van der Waals surface area contributed by atoms with E-state index >= 15 is 0 Å². The molecule has 0 saturated heterocycles. The maximum absolute atomic E-state index is 12.6. The highest BCUT2D eigenvalue weighted by molar-refractivity contribution is 6.30. The number of amides is 2. The lowest BCUT2D eigenvalue weighted by atomic mass is 9.99. The molecule has 0 spiro atoms. The van der Waals surface area contributed by atoms with E-state index in [0.29, 0.717) is 54.7 Å². The van der Waals surface area contributed by atoms with Gasteiger partial charge in [0.1, 0.15) is 19.3 Å². The fourth-order valence-corrected chi connectivity index (χ4v) is 3.49. The molecule has 1 heterocycles. The second kappa shape index (κ2) is 12.3. The van der Waals surface area contributed by atoms with Crippen molar-refractivity contribution in [1.29, 1.82) is 0 Å². The summed E-state index contributed by atoms with van der Waals surface area (Å²) in [4.78, 5) is 37.3. The van der Waals surface area contributed by atoms with E-state index in [4.69, 9.17) is 25.8 Å². The molecule has 3 rings (SSSR count). The minimum Gasteiger partial charge on any atom is -0.486 e.